The summed E-state index contributed by atoms with van der Waals surface area (Å²) in [7, 11) is 1.63. The minimum atomic E-state index is -2.60. The van der Waals surface area contributed by atoms with Gasteiger partial charge in [-0.15, -0.1) is 0 Å². The van der Waals surface area contributed by atoms with Crippen LogP contribution < -0.4 is 20.1 Å². The summed E-state index contributed by atoms with van der Waals surface area (Å²) in [5.74, 6) is 0.781. The molecule has 28 heavy (non-hydrogen) atoms. The summed E-state index contributed by atoms with van der Waals surface area (Å²) in [6, 6.07) is 7.22. The van der Waals surface area contributed by atoms with Gasteiger partial charge in [-0.1, -0.05) is 11.3 Å². The Labute approximate surface area is 163 Å². The number of hydrogen-bond acceptors (Lipinski definition) is 7. The van der Waals surface area contributed by atoms with E-state index in [-0.39, 0.29) is 0 Å². The predicted octanol–water partition coefficient (Wildman–Crippen LogP) is 2.45. The summed E-state index contributed by atoms with van der Waals surface area (Å²) in [5, 5.41) is 4.81. The summed E-state index contributed by atoms with van der Waals surface area (Å²) < 4.78 is 32.0. The minimum Gasteiger partial charge on any atom is -0.497 e. The van der Waals surface area contributed by atoms with Gasteiger partial charge < -0.3 is 14.5 Å². The second kappa shape index (κ2) is 7.70. The Morgan fingerprint density at radius 1 is 1.18 bits per heavy atom. The van der Waals surface area contributed by atoms with Crippen molar-refractivity contribution in [2.75, 3.05) is 43.1 Å². The monoisotopic (exact) mass is 407 g/mol. The largest absolute Gasteiger partial charge is 0.497 e. The molecule has 0 atom stereocenters. The molecule has 0 amide bonds. The number of hydrogen-bond donors (Lipinski definition) is 0. The van der Waals surface area contributed by atoms with Crippen LogP contribution in [-0.4, -0.2) is 54.5 Å². The highest BCUT2D eigenvalue weighted by molar-refractivity contribution is 7.22. The number of benzene rings is 1. The molecule has 4 rings (SSSR count). The molecule has 1 aromatic carbocycles. The molecule has 0 aliphatic carbocycles. The average Bonchev–Trinajstić information content (AvgIpc) is 3.12. The zero-order chi connectivity index (χ0) is 19.7. The summed E-state index contributed by atoms with van der Waals surface area (Å²) in [5.41, 5.74) is 1.05. The first kappa shape index (κ1) is 18.6. The number of nitrogens with zero attached hydrogens (tertiary/aromatic N) is 5. The van der Waals surface area contributed by atoms with E-state index in [0.717, 1.165) is 38.9 Å². The van der Waals surface area contributed by atoms with E-state index in [9.17, 15) is 13.6 Å². The first-order valence-electron chi connectivity index (χ1n) is 8.83. The molecule has 7 nitrogen and oxygen atoms in total. The fourth-order valence-corrected chi connectivity index (χ4v) is 4.18. The maximum Gasteiger partial charge on any atom is 0.269 e. The number of aromatic nitrogens is 3. The molecule has 0 bridgehead atoms. The topological polar surface area (TPSA) is 63.5 Å². The summed E-state index contributed by atoms with van der Waals surface area (Å²) in [6.07, 6.45) is -1.13. The van der Waals surface area contributed by atoms with Gasteiger partial charge in [0.25, 0.3) is 12.0 Å². The lowest BCUT2D eigenvalue weighted by molar-refractivity contribution is 0.119. The molecule has 3 heterocycles. The zero-order valence-electron chi connectivity index (χ0n) is 15.2. The molecular formula is C18H19F2N5O2S. The minimum absolute atomic E-state index is 0.514. The number of piperazine rings is 1. The molecule has 2 aromatic heterocycles. The molecule has 1 aliphatic heterocycles. The van der Waals surface area contributed by atoms with Gasteiger partial charge in [-0.2, -0.15) is 5.10 Å². The van der Waals surface area contributed by atoms with Crippen LogP contribution in [0.4, 0.5) is 19.6 Å². The van der Waals surface area contributed by atoms with Gasteiger partial charge in [0.05, 0.1) is 29.2 Å². The third kappa shape index (κ3) is 3.77. The lowest BCUT2D eigenvalue weighted by atomic mass is 10.3. The number of rotatable bonds is 5. The highest BCUT2D eigenvalue weighted by atomic mass is 32.1. The van der Waals surface area contributed by atoms with Crippen LogP contribution in [0.2, 0.25) is 0 Å². The Kier molecular flexibility index (Phi) is 5.12. The van der Waals surface area contributed by atoms with Crippen molar-refractivity contribution in [1.82, 2.24) is 14.8 Å². The molecule has 0 saturated carbocycles. The van der Waals surface area contributed by atoms with E-state index in [4.69, 9.17) is 9.72 Å². The van der Waals surface area contributed by atoms with Gasteiger partial charge in [0.15, 0.2) is 5.13 Å². The quantitative estimate of drug-likeness (QED) is 0.648. The van der Waals surface area contributed by atoms with Gasteiger partial charge in [-0.25, -0.2) is 18.4 Å². The van der Waals surface area contributed by atoms with E-state index in [1.54, 1.807) is 18.4 Å². The van der Waals surface area contributed by atoms with Crippen LogP contribution >= 0.6 is 11.3 Å². The van der Waals surface area contributed by atoms with Crippen molar-refractivity contribution in [3.05, 3.63) is 40.8 Å². The van der Waals surface area contributed by atoms with Gasteiger partial charge in [0, 0.05) is 38.3 Å². The lowest BCUT2D eigenvalue weighted by Crippen LogP contribution is -2.47. The van der Waals surface area contributed by atoms with Crippen LogP contribution in [-0.2, 0) is 6.54 Å². The van der Waals surface area contributed by atoms with E-state index >= 15 is 0 Å². The Morgan fingerprint density at radius 2 is 1.93 bits per heavy atom. The number of thiazole rings is 1. The molecule has 148 valence electrons. The normalized spacial score (nSPS) is 14.9. The Morgan fingerprint density at radius 3 is 2.61 bits per heavy atom. The van der Waals surface area contributed by atoms with E-state index in [2.05, 4.69) is 10.00 Å². The van der Waals surface area contributed by atoms with Gasteiger partial charge >= 0.3 is 0 Å². The summed E-state index contributed by atoms with van der Waals surface area (Å²) in [6.45, 7) is 2.20. The van der Waals surface area contributed by atoms with E-state index in [1.807, 2.05) is 23.1 Å². The van der Waals surface area contributed by atoms with Crippen LogP contribution in [0.5, 0.6) is 5.75 Å². The number of alkyl halides is 2. The van der Waals surface area contributed by atoms with Crippen LogP contribution in [0, 0.1) is 0 Å². The third-order valence-electron chi connectivity index (χ3n) is 4.66. The second-order valence-corrected chi connectivity index (χ2v) is 7.44. The molecule has 0 unspecified atom stereocenters. The Bertz CT molecular complexity index is 1030. The average molecular weight is 407 g/mol. The molecule has 1 saturated heterocycles. The third-order valence-corrected chi connectivity index (χ3v) is 5.76. The van der Waals surface area contributed by atoms with Gasteiger partial charge in [0.1, 0.15) is 12.3 Å². The van der Waals surface area contributed by atoms with Crippen LogP contribution in [0.1, 0.15) is 0 Å². The van der Waals surface area contributed by atoms with Crippen LogP contribution in [0.25, 0.3) is 10.2 Å². The zero-order valence-corrected chi connectivity index (χ0v) is 16.0. The van der Waals surface area contributed by atoms with Gasteiger partial charge in [-0.05, 0) is 12.1 Å². The van der Waals surface area contributed by atoms with Crippen molar-refractivity contribution in [2.45, 2.75) is 13.0 Å². The fourth-order valence-electron chi connectivity index (χ4n) is 3.18. The Balaban J connectivity index is 1.44. The maximum atomic E-state index is 12.5. The van der Waals surface area contributed by atoms with Gasteiger partial charge in [-0.3, -0.25) is 4.79 Å². The van der Waals surface area contributed by atoms with Crippen molar-refractivity contribution in [3.63, 3.8) is 0 Å². The number of fused-ring (bicyclic) bond motifs is 1. The fraction of sp³-hybridized carbons (Fsp3) is 0.389. The predicted molar refractivity (Wildman–Crippen MR) is 105 cm³/mol. The van der Waals surface area contributed by atoms with Gasteiger partial charge in [0.2, 0.25) is 0 Å². The van der Waals surface area contributed by atoms with Crippen molar-refractivity contribution >= 4 is 32.4 Å². The van der Waals surface area contributed by atoms with Crippen LogP contribution in [0.3, 0.4) is 0 Å². The van der Waals surface area contributed by atoms with Crippen molar-refractivity contribution in [3.8, 4) is 5.75 Å². The van der Waals surface area contributed by atoms with Crippen molar-refractivity contribution in [1.29, 1.82) is 0 Å². The number of ether oxygens (including phenoxy) is 1. The summed E-state index contributed by atoms with van der Waals surface area (Å²) >= 11 is 1.63. The molecule has 0 radical (unpaired) electrons. The first-order chi connectivity index (χ1) is 13.5. The first-order valence-corrected chi connectivity index (χ1v) is 9.65. The number of anilines is 2. The van der Waals surface area contributed by atoms with E-state index < -0.39 is 18.5 Å². The van der Waals surface area contributed by atoms with E-state index in [1.165, 1.54) is 12.3 Å². The number of methoxy groups -OCH3 is 1. The molecule has 0 spiro atoms. The second-order valence-electron chi connectivity index (χ2n) is 6.43. The molecule has 3 aromatic rings. The molecular weight excluding hydrogens is 388 g/mol. The SMILES string of the molecule is COc1ccc2sc(N3CCN(c4cnn(CC(F)F)c(=O)c4)CC3)nc2c1. The standard InChI is InChI=1S/C18H19F2N5O2S/c1-27-13-2-3-15-14(9-13)22-18(28-15)24-6-4-23(5-7-24)12-8-17(26)25(21-10-12)11-16(19)20/h2-3,8-10,16H,4-7,11H2,1H3. The number of halogens is 2. The molecule has 1 fully saturated rings. The summed E-state index contributed by atoms with van der Waals surface area (Å²) in [4.78, 5) is 20.9. The highest BCUT2D eigenvalue weighted by Crippen LogP contribution is 2.31. The Hall–Kier alpha value is -2.75. The molecule has 1 aliphatic rings. The van der Waals surface area contributed by atoms with Crippen molar-refractivity contribution < 1.29 is 13.5 Å². The lowest BCUT2D eigenvalue weighted by Gasteiger charge is -2.35. The molecule has 0 N–H and O–H groups in total. The van der Waals surface area contributed by atoms with Crippen molar-refractivity contribution in [2.24, 2.45) is 0 Å². The smallest absolute Gasteiger partial charge is 0.269 e. The van der Waals surface area contributed by atoms with Crippen LogP contribution in [0.15, 0.2) is 35.3 Å². The maximum absolute atomic E-state index is 12.5. The van der Waals surface area contributed by atoms with E-state index in [0.29, 0.717) is 18.8 Å². The molecule has 10 heteroatoms. The highest BCUT2D eigenvalue weighted by Gasteiger charge is 2.21.